The van der Waals surface area contributed by atoms with E-state index in [9.17, 15) is 9.59 Å². The van der Waals surface area contributed by atoms with E-state index in [1.165, 1.54) is 6.92 Å². The Hall–Kier alpha value is -1.49. The van der Waals surface area contributed by atoms with Crippen LogP contribution in [0.5, 0.6) is 0 Å². The van der Waals surface area contributed by atoms with Crippen molar-refractivity contribution in [3.05, 3.63) is 30.3 Å². The third-order valence-corrected chi connectivity index (χ3v) is 4.03. The molecule has 1 N–H and O–H groups in total. The number of rotatable bonds is 2. The minimum Gasteiger partial charge on any atom is -0.344 e. The molecule has 5 heteroatoms. The maximum Gasteiger partial charge on any atom is 0.251 e. The smallest absolute Gasteiger partial charge is 0.251 e. The molecule has 1 aromatic carbocycles. The van der Waals surface area contributed by atoms with Gasteiger partial charge in [-0.2, -0.15) is 0 Å². The van der Waals surface area contributed by atoms with Crippen LogP contribution in [0.15, 0.2) is 30.3 Å². The Balaban J connectivity index is 2.22. The largest absolute Gasteiger partial charge is 0.344 e. The van der Waals surface area contributed by atoms with Gasteiger partial charge in [0.05, 0.1) is 5.37 Å². The van der Waals surface area contributed by atoms with Crippen molar-refractivity contribution in [2.45, 2.75) is 25.3 Å². The number of nitrogens with one attached hydrogen (secondary N) is 1. The van der Waals surface area contributed by atoms with Crippen molar-refractivity contribution in [3.63, 3.8) is 0 Å². The zero-order chi connectivity index (χ0) is 13.1. The number of hydrogen-bond acceptors (Lipinski definition) is 3. The first kappa shape index (κ1) is 13.0. The van der Waals surface area contributed by atoms with Gasteiger partial charge in [0.25, 0.3) is 5.91 Å². The second-order valence-corrected chi connectivity index (χ2v) is 5.58. The molecule has 0 unspecified atom stereocenters. The average molecular weight is 264 g/mol. The molecular formula is C13H16N2O2S. The van der Waals surface area contributed by atoms with Gasteiger partial charge >= 0.3 is 0 Å². The van der Waals surface area contributed by atoms with Gasteiger partial charge in [0.2, 0.25) is 5.91 Å². The molecule has 0 saturated carbocycles. The Labute approximate surface area is 111 Å². The summed E-state index contributed by atoms with van der Waals surface area (Å²) in [7, 11) is 0. The zero-order valence-corrected chi connectivity index (χ0v) is 11.2. The van der Waals surface area contributed by atoms with E-state index in [4.69, 9.17) is 0 Å². The molecule has 1 aliphatic heterocycles. The fourth-order valence-electron chi connectivity index (χ4n) is 2.00. The fourth-order valence-corrected chi connectivity index (χ4v) is 3.07. The van der Waals surface area contributed by atoms with E-state index < -0.39 is 6.04 Å². The third kappa shape index (κ3) is 2.67. The van der Waals surface area contributed by atoms with Gasteiger partial charge in [-0.25, -0.2) is 0 Å². The molecule has 2 amide bonds. The van der Waals surface area contributed by atoms with Crippen molar-refractivity contribution in [2.75, 3.05) is 10.7 Å². The van der Waals surface area contributed by atoms with Gasteiger partial charge in [-0.1, -0.05) is 18.2 Å². The average Bonchev–Trinajstić information content (AvgIpc) is 2.34. The minimum atomic E-state index is -0.427. The number of anilines is 1. The number of hydrogen-bond donors (Lipinski definition) is 1. The lowest BCUT2D eigenvalue weighted by atomic mass is 10.2. The maximum atomic E-state index is 12.4. The molecular weight excluding hydrogens is 248 g/mol. The topological polar surface area (TPSA) is 49.4 Å². The van der Waals surface area contributed by atoms with E-state index in [1.54, 1.807) is 16.7 Å². The highest BCUT2D eigenvalue weighted by molar-refractivity contribution is 8.00. The van der Waals surface area contributed by atoms with Crippen molar-refractivity contribution >= 4 is 29.3 Å². The normalized spacial score (nSPS) is 23.9. The second-order valence-electron chi connectivity index (χ2n) is 4.23. The van der Waals surface area contributed by atoms with E-state index in [0.717, 1.165) is 5.69 Å². The summed E-state index contributed by atoms with van der Waals surface area (Å²) >= 11 is 1.67. The van der Waals surface area contributed by atoms with Crippen LogP contribution >= 0.6 is 11.8 Å². The summed E-state index contributed by atoms with van der Waals surface area (Å²) < 4.78 is 0. The molecule has 4 nitrogen and oxygen atoms in total. The van der Waals surface area contributed by atoms with Gasteiger partial charge in [-0.15, -0.1) is 11.8 Å². The van der Waals surface area contributed by atoms with Crippen molar-refractivity contribution in [2.24, 2.45) is 0 Å². The van der Waals surface area contributed by atoms with E-state index in [1.807, 2.05) is 37.3 Å². The Morgan fingerprint density at radius 1 is 1.39 bits per heavy atom. The Morgan fingerprint density at radius 3 is 2.67 bits per heavy atom. The van der Waals surface area contributed by atoms with E-state index in [0.29, 0.717) is 5.75 Å². The van der Waals surface area contributed by atoms with Crippen molar-refractivity contribution in [1.29, 1.82) is 0 Å². The molecule has 1 saturated heterocycles. The van der Waals surface area contributed by atoms with Crippen LogP contribution in [-0.2, 0) is 9.59 Å². The highest BCUT2D eigenvalue weighted by Crippen LogP contribution is 2.29. The minimum absolute atomic E-state index is 0.0392. The molecule has 1 heterocycles. The maximum absolute atomic E-state index is 12.4. The molecule has 0 aliphatic carbocycles. The first-order chi connectivity index (χ1) is 8.59. The third-order valence-electron chi connectivity index (χ3n) is 2.82. The standard InChI is InChI=1S/C13H16N2O2S/c1-9(16)14-12-8-18-10(2)15(13(12)17)11-6-4-3-5-7-11/h3-7,10,12H,8H2,1-2H3,(H,14,16)/t10-,12-/m0/s1. The molecule has 1 aliphatic rings. The summed E-state index contributed by atoms with van der Waals surface area (Å²) in [5.74, 6) is 0.419. The molecule has 0 aromatic heterocycles. The van der Waals surface area contributed by atoms with Crippen molar-refractivity contribution in [3.8, 4) is 0 Å². The predicted molar refractivity (Wildman–Crippen MR) is 73.5 cm³/mol. The van der Waals surface area contributed by atoms with Gasteiger partial charge in [0, 0.05) is 18.4 Å². The van der Waals surface area contributed by atoms with Crippen LogP contribution < -0.4 is 10.2 Å². The highest BCUT2D eigenvalue weighted by atomic mass is 32.2. The van der Waals surface area contributed by atoms with Gasteiger partial charge in [0.1, 0.15) is 6.04 Å². The van der Waals surface area contributed by atoms with E-state index in [2.05, 4.69) is 5.32 Å². The van der Waals surface area contributed by atoms with Gasteiger partial charge in [-0.05, 0) is 19.1 Å². The van der Waals surface area contributed by atoms with Crippen LogP contribution in [0.2, 0.25) is 0 Å². The quantitative estimate of drug-likeness (QED) is 0.883. The fraction of sp³-hybridized carbons (Fsp3) is 0.385. The number of nitrogens with zero attached hydrogens (tertiary/aromatic N) is 1. The highest BCUT2D eigenvalue weighted by Gasteiger charge is 2.34. The first-order valence-corrected chi connectivity index (χ1v) is 6.91. The van der Waals surface area contributed by atoms with Crippen LogP contribution in [0, 0.1) is 0 Å². The summed E-state index contributed by atoms with van der Waals surface area (Å²) in [6.07, 6.45) is 0. The van der Waals surface area contributed by atoms with Crippen LogP contribution in [0.4, 0.5) is 5.69 Å². The molecule has 0 radical (unpaired) electrons. The number of para-hydroxylation sites is 1. The van der Waals surface area contributed by atoms with Crippen LogP contribution in [0.3, 0.4) is 0 Å². The summed E-state index contributed by atoms with van der Waals surface area (Å²) in [4.78, 5) is 25.2. The monoisotopic (exact) mass is 264 g/mol. The number of thioether (sulfide) groups is 1. The van der Waals surface area contributed by atoms with Gasteiger partial charge in [0.15, 0.2) is 0 Å². The summed E-state index contributed by atoms with van der Waals surface area (Å²) in [6.45, 7) is 3.43. The van der Waals surface area contributed by atoms with Crippen molar-refractivity contribution < 1.29 is 9.59 Å². The van der Waals surface area contributed by atoms with E-state index in [-0.39, 0.29) is 17.2 Å². The zero-order valence-electron chi connectivity index (χ0n) is 10.4. The second kappa shape index (κ2) is 5.44. The predicted octanol–water partition coefficient (Wildman–Crippen LogP) is 1.62. The summed E-state index contributed by atoms with van der Waals surface area (Å²) in [5, 5.41) is 2.79. The van der Waals surface area contributed by atoms with E-state index >= 15 is 0 Å². The van der Waals surface area contributed by atoms with Crippen LogP contribution in [0.1, 0.15) is 13.8 Å². The molecule has 18 heavy (non-hydrogen) atoms. The Kier molecular flexibility index (Phi) is 3.91. The molecule has 1 fully saturated rings. The first-order valence-electron chi connectivity index (χ1n) is 5.86. The summed E-state index contributed by atoms with van der Waals surface area (Å²) in [6, 6.07) is 9.12. The lowest BCUT2D eigenvalue weighted by Crippen LogP contribution is -2.55. The van der Waals surface area contributed by atoms with Gasteiger partial charge < -0.3 is 5.32 Å². The lowest BCUT2D eigenvalue weighted by Gasteiger charge is -2.37. The van der Waals surface area contributed by atoms with Crippen LogP contribution in [0.25, 0.3) is 0 Å². The van der Waals surface area contributed by atoms with Crippen LogP contribution in [-0.4, -0.2) is 29.0 Å². The molecule has 0 bridgehead atoms. The molecule has 2 atom stereocenters. The number of carbonyl (C=O) groups excluding carboxylic acids is 2. The molecule has 96 valence electrons. The number of carbonyl (C=O) groups is 2. The Morgan fingerprint density at radius 2 is 2.06 bits per heavy atom. The molecule has 0 spiro atoms. The molecule has 1 aromatic rings. The van der Waals surface area contributed by atoms with Gasteiger partial charge in [-0.3, -0.25) is 14.5 Å². The SMILES string of the molecule is CC(=O)N[C@H]1CS[C@@H](C)N(c2ccccc2)C1=O. The Bertz CT molecular complexity index is 450. The number of benzene rings is 1. The summed E-state index contributed by atoms with van der Waals surface area (Å²) in [5.41, 5.74) is 0.873. The van der Waals surface area contributed by atoms with Crippen molar-refractivity contribution in [1.82, 2.24) is 5.32 Å². The molecule has 2 rings (SSSR count). The lowest BCUT2D eigenvalue weighted by molar-refractivity contribution is -0.126. The number of amides is 2.